The van der Waals surface area contributed by atoms with E-state index in [0.717, 1.165) is 22.4 Å². The van der Waals surface area contributed by atoms with Gasteiger partial charge in [-0.25, -0.2) is 55.8 Å². The minimum absolute atomic E-state index is 0.0367. The van der Waals surface area contributed by atoms with Crippen LogP contribution in [0.25, 0.3) is 33.4 Å². The number of carboxylic acids is 1. The first-order chi connectivity index (χ1) is 41.0. The number of amides is 2. The van der Waals surface area contributed by atoms with Gasteiger partial charge in [0.25, 0.3) is 22.9 Å². The molecule has 87 heavy (non-hydrogen) atoms. The van der Waals surface area contributed by atoms with Crippen LogP contribution in [-0.2, 0) is 41.3 Å². The van der Waals surface area contributed by atoms with Crippen molar-refractivity contribution in [2.24, 2.45) is 14.1 Å². The summed E-state index contributed by atoms with van der Waals surface area (Å²) in [5.74, 6) is -11.4. The molecular formula is C55H48F10N12O10. The van der Waals surface area contributed by atoms with E-state index in [4.69, 9.17) is 4.74 Å². The zero-order chi connectivity index (χ0) is 64.0. The molecule has 0 aliphatic carbocycles. The highest BCUT2D eigenvalue weighted by Crippen LogP contribution is 2.30. The predicted molar refractivity (Wildman–Crippen MR) is 291 cm³/mol. The van der Waals surface area contributed by atoms with Crippen molar-refractivity contribution >= 4 is 56.9 Å². The largest absolute Gasteiger partial charge is 0.480 e. The molecule has 4 atom stereocenters. The zero-order valence-corrected chi connectivity index (χ0v) is 45.9. The highest BCUT2D eigenvalue weighted by molar-refractivity contribution is 5.98. The number of halogens is 10. The first-order valence-electron chi connectivity index (χ1n) is 25.6. The number of aryl methyl sites for hydroxylation is 2. The maximum absolute atomic E-state index is 14.8. The Balaban J connectivity index is 0.000000249. The van der Waals surface area contributed by atoms with E-state index in [1.54, 1.807) is 0 Å². The summed E-state index contributed by atoms with van der Waals surface area (Å²) in [5.41, 5.74) is -4.98. The summed E-state index contributed by atoms with van der Waals surface area (Å²) < 4.78 is 146. The van der Waals surface area contributed by atoms with Gasteiger partial charge in [0.05, 0.1) is 41.3 Å². The zero-order valence-electron chi connectivity index (χ0n) is 45.9. The third kappa shape index (κ3) is 14.3. The number of anilines is 2. The van der Waals surface area contributed by atoms with Crippen LogP contribution in [0.3, 0.4) is 0 Å². The molecule has 2 amide bonds. The number of aromatic nitrogens is 8. The highest BCUT2D eigenvalue weighted by Gasteiger charge is 2.40. The Kier molecular flexibility index (Phi) is 19.4. The molecule has 0 unspecified atom stereocenters. The summed E-state index contributed by atoms with van der Waals surface area (Å²) in [5, 5.41) is 18.1. The predicted octanol–water partition coefficient (Wildman–Crippen LogP) is 5.96. The summed E-state index contributed by atoms with van der Waals surface area (Å²) in [6, 6.07) is 2.97. The normalized spacial score (nSPS) is 13.0. The van der Waals surface area contributed by atoms with Crippen molar-refractivity contribution in [3.05, 3.63) is 185 Å². The van der Waals surface area contributed by atoms with E-state index >= 15 is 0 Å². The fourth-order valence-corrected chi connectivity index (χ4v) is 8.78. The van der Waals surface area contributed by atoms with Crippen LogP contribution in [0.2, 0.25) is 0 Å². The Hall–Kier alpha value is -10.3. The van der Waals surface area contributed by atoms with Crippen LogP contribution < -0.4 is 43.8 Å². The molecule has 6 heterocycles. The molecule has 0 saturated heterocycles. The monoisotopic (exact) mass is 1230 g/mol. The number of nitrogens with one attached hydrogen (secondary N) is 4. The minimum Gasteiger partial charge on any atom is -0.480 e. The smallest absolute Gasteiger partial charge is 0.408 e. The van der Waals surface area contributed by atoms with Gasteiger partial charge in [-0.15, -0.1) is 0 Å². The Bertz CT molecular complexity index is 4150. The van der Waals surface area contributed by atoms with E-state index in [9.17, 15) is 87.4 Å². The number of methoxy groups -OCH3 is 1. The second-order valence-corrected chi connectivity index (χ2v) is 19.0. The number of carbonyl (C=O) groups is 4. The van der Waals surface area contributed by atoms with Gasteiger partial charge in [0.1, 0.15) is 70.2 Å². The number of hydrogen-bond donors (Lipinski definition) is 5. The summed E-state index contributed by atoms with van der Waals surface area (Å²) in [7, 11) is 3.92. The van der Waals surface area contributed by atoms with Crippen molar-refractivity contribution in [3.63, 3.8) is 0 Å². The van der Waals surface area contributed by atoms with Gasteiger partial charge in [0.2, 0.25) is 0 Å². The first-order valence-corrected chi connectivity index (χ1v) is 25.6. The van der Waals surface area contributed by atoms with Gasteiger partial charge in [0.15, 0.2) is 0 Å². The number of fused-ring (bicyclic) bond motifs is 2. The number of rotatable bonds is 18. The summed E-state index contributed by atoms with van der Waals surface area (Å²) in [6.45, 7) is 2.45. The number of benzene rings is 2. The molecule has 8 rings (SSSR count). The molecule has 0 aliphatic rings. The van der Waals surface area contributed by atoms with Crippen LogP contribution in [0.5, 0.6) is 0 Å². The van der Waals surface area contributed by atoms with E-state index in [0.29, 0.717) is 40.9 Å². The van der Waals surface area contributed by atoms with Gasteiger partial charge in [-0.05, 0) is 72.5 Å². The lowest BCUT2D eigenvalue weighted by Gasteiger charge is -2.22. The van der Waals surface area contributed by atoms with Crippen molar-refractivity contribution in [1.29, 1.82) is 0 Å². The Morgan fingerprint density at radius 1 is 0.575 bits per heavy atom. The molecule has 2 aromatic carbocycles. The van der Waals surface area contributed by atoms with E-state index < -0.39 is 148 Å². The van der Waals surface area contributed by atoms with Crippen LogP contribution in [0, 0.1) is 23.3 Å². The lowest BCUT2D eigenvalue weighted by molar-refractivity contribution is -0.143. The van der Waals surface area contributed by atoms with Gasteiger partial charge in [-0.2, -0.15) is 26.3 Å². The molecule has 0 bridgehead atoms. The van der Waals surface area contributed by atoms with E-state index in [2.05, 4.69) is 25.3 Å². The van der Waals surface area contributed by atoms with Crippen LogP contribution in [0.1, 0.15) is 58.5 Å². The molecule has 0 fully saturated rings. The highest BCUT2D eigenvalue weighted by atomic mass is 19.4. The van der Waals surface area contributed by atoms with Crippen molar-refractivity contribution in [3.8, 4) is 11.6 Å². The molecule has 0 radical (unpaired) electrons. The number of nitrogens with zero attached hydrogens (tertiary/aromatic N) is 8. The lowest BCUT2D eigenvalue weighted by Crippen LogP contribution is -2.43. The summed E-state index contributed by atoms with van der Waals surface area (Å²) in [6.07, 6.45) is -3.03. The molecule has 8 aromatic rings. The third-order valence-electron chi connectivity index (χ3n) is 13.3. The average Bonchev–Trinajstić information content (AvgIpc) is 0.876. The van der Waals surface area contributed by atoms with E-state index in [1.807, 2.05) is 16.0 Å². The third-order valence-corrected chi connectivity index (χ3v) is 13.3. The second kappa shape index (κ2) is 26.3. The maximum Gasteiger partial charge on any atom is 0.408 e. The van der Waals surface area contributed by atoms with E-state index in [1.165, 1.54) is 104 Å². The van der Waals surface area contributed by atoms with Crippen molar-refractivity contribution in [2.45, 2.75) is 76.1 Å². The molecule has 458 valence electrons. The summed E-state index contributed by atoms with van der Waals surface area (Å²) in [4.78, 5) is 117. The van der Waals surface area contributed by atoms with Gasteiger partial charge in [-0.3, -0.25) is 38.3 Å². The fraction of sp³-hybridized carbons (Fsp3) is 0.273. The van der Waals surface area contributed by atoms with Gasteiger partial charge < -0.3 is 31.1 Å². The Morgan fingerprint density at radius 3 is 1.26 bits per heavy atom. The van der Waals surface area contributed by atoms with Crippen molar-refractivity contribution < 1.29 is 72.9 Å². The standard InChI is InChI=1S/C28H25F5N6O5.C27H23F5N6O5/c1-4-21(28(31,32)33)36-15-10-17(29)23(18(30)11-15)24(40)37-19(26(42)44-3)9-14-5-6-22(35-12-14)39-25(41)16-7-8-34-13-20(16)38(2)27(39)43;1-3-20(27(30,31)32)35-14-9-16(28)22(17(29)10-14)23(39)36-18(25(41)42)8-13-4-5-21(34-11-13)38-24(40)15-6-7-33-12-19(15)37(2)26(38)43/h5-8,10-13,19,21,36H,4,9H2,1-3H3,(H,37,40);4-7,9-12,18,20,35H,3,8H2,1-2H3,(H,36,39)(H,41,42)/t19-,21+;18-,20+/m00/s1. The number of alkyl halides is 6. The molecular weight excluding hydrogens is 1180 g/mol. The molecule has 0 aliphatic heterocycles. The number of ether oxygens (including phenoxy) is 1. The molecule has 0 saturated carbocycles. The number of aliphatic carboxylic acids is 1. The Morgan fingerprint density at radius 2 is 0.943 bits per heavy atom. The SMILES string of the molecule is CC[C@@H](Nc1cc(F)c(C(=O)N[C@@H](Cc2ccc(-n3c(=O)c4ccncc4n(C)c3=O)nc2)C(=O)O)c(F)c1)C(F)(F)F.CC[C@@H](Nc1cc(F)c(C(=O)N[C@@H](Cc2ccc(-n3c(=O)c4ccncc4n(C)c3=O)nc2)C(=O)OC)c(F)c1)C(F)(F)F. The van der Waals surface area contributed by atoms with Crippen LogP contribution in [0.15, 0.2) is 117 Å². The molecule has 32 heteroatoms. The number of hydrogen-bond acceptors (Lipinski definition) is 15. The fourth-order valence-electron chi connectivity index (χ4n) is 8.78. The van der Waals surface area contributed by atoms with Crippen LogP contribution in [-0.4, -0.2) is 111 Å². The number of esters is 1. The van der Waals surface area contributed by atoms with Crippen LogP contribution >= 0.6 is 0 Å². The van der Waals surface area contributed by atoms with E-state index in [-0.39, 0.29) is 34.4 Å². The Labute approximate surface area is 482 Å². The topological polar surface area (TPSA) is 285 Å². The van der Waals surface area contributed by atoms with Gasteiger partial charge >= 0.3 is 35.7 Å². The minimum atomic E-state index is -4.70. The first kappa shape index (κ1) is 64.3. The molecule has 22 nitrogen and oxygen atoms in total. The summed E-state index contributed by atoms with van der Waals surface area (Å²) >= 11 is 0. The van der Waals surface area contributed by atoms with Crippen molar-refractivity contribution in [2.75, 3.05) is 17.7 Å². The second-order valence-electron chi connectivity index (χ2n) is 19.0. The lowest BCUT2D eigenvalue weighted by atomic mass is 10.1. The number of carbonyl (C=O) groups excluding carboxylic acids is 3. The van der Waals surface area contributed by atoms with Crippen LogP contribution in [0.4, 0.5) is 55.3 Å². The molecule has 0 spiro atoms. The maximum atomic E-state index is 14.8. The quantitative estimate of drug-likeness (QED) is 0.0489. The number of carboxylic acid groups (broad SMARTS) is 1. The number of pyridine rings is 4. The van der Waals surface area contributed by atoms with Gasteiger partial charge in [0, 0.05) is 63.1 Å². The van der Waals surface area contributed by atoms with Gasteiger partial charge in [-0.1, -0.05) is 26.0 Å². The molecule has 6 aromatic heterocycles. The average molecular weight is 1230 g/mol. The molecule has 5 N–H and O–H groups in total. The van der Waals surface area contributed by atoms with Crippen molar-refractivity contribution in [1.82, 2.24) is 48.8 Å².